The zero-order valence-corrected chi connectivity index (χ0v) is 7.89. The quantitative estimate of drug-likeness (QED) is 0.734. The second-order valence-electron chi connectivity index (χ2n) is 2.72. The normalized spacial score (nSPS) is 10.0. The lowest BCUT2D eigenvalue weighted by molar-refractivity contribution is -0.111. The predicted molar refractivity (Wildman–Crippen MR) is 48.8 cm³/mol. The summed E-state index contributed by atoms with van der Waals surface area (Å²) < 4.78 is 0. The molecule has 0 radical (unpaired) electrons. The molecule has 0 spiro atoms. The van der Waals surface area contributed by atoms with Gasteiger partial charge in [-0.05, 0) is 31.0 Å². The summed E-state index contributed by atoms with van der Waals surface area (Å²) in [4.78, 5) is 21.6. The number of hydrogen-bond donors (Lipinski definition) is 1. The van der Waals surface area contributed by atoms with Crippen molar-refractivity contribution in [3.8, 4) is 0 Å². The summed E-state index contributed by atoms with van der Waals surface area (Å²) in [5, 5.41) is 5.61. The Bertz CT molecular complexity index is 373. The Balaban J connectivity index is 2.82. The van der Waals surface area contributed by atoms with Crippen molar-refractivity contribution >= 4 is 16.8 Å². The molecule has 0 saturated heterocycles. The molecular weight excluding hydrogens is 192 g/mol. The number of nitrogens with one attached hydrogen (secondary N) is 1. The number of H-pyrrole nitrogens is 1. The summed E-state index contributed by atoms with van der Waals surface area (Å²) in [6.07, 6.45) is 0.537. The smallest absolute Gasteiger partial charge is 0.267 e. The molecule has 0 aliphatic rings. The lowest BCUT2D eigenvalue weighted by Crippen LogP contribution is -2.15. The highest BCUT2D eigenvalue weighted by atomic mass is 35.5. The van der Waals surface area contributed by atoms with Gasteiger partial charge in [0.25, 0.3) is 5.56 Å². The summed E-state index contributed by atoms with van der Waals surface area (Å²) >= 11 is 5.15. The van der Waals surface area contributed by atoms with Crippen molar-refractivity contribution in [2.24, 2.45) is 0 Å². The molecule has 0 fully saturated rings. The van der Waals surface area contributed by atoms with Gasteiger partial charge in [0.15, 0.2) is 0 Å². The maximum absolute atomic E-state index is 11.1. The molecule has 1 heterocycles. The van der Waals surface area contributed by atoms with E-state index in [0.717, 1.165) is 5.69 Å². The van der Waals surface area contributed by atoms with Crippen LogP contribution in [-0.4, -0.2) is 15.4 Å². The van der Waals surface area contributed by atoms with Gasteiger partial charge in [-0.15, -0.1) is 0 Å². The minimum absolute atomic E-state index is 0.175. The van der Waals surface area contributed by atoms with Gasteiger partial charge in [-0.2, -0.15) is 5.10 Å². The first kappa shape index (κ1) is 9.92. The molecule has 13 heavy (non-hydrogen) atoms. The van der Waals surface area contributed by atoms with Crippen LogP contribution in [0.4, 0.5) is 0 Å². The van der Waals surface area contributed by atoms with Crippen LogP contribution in [0.5, 0.6) is 0 Å². The fourth-order valence-electron chi connectivity index (χ4n) is 0.979. The van der Waals surface area contributed by atoms with Crippen molar-refractivity contribution in [2.45, 2.75) is 19.8 Å². The fraction of sp³-hybridized carbons (Fsp3) is 0.375. The van der Waals surface area contributed by atoms with E-state index in [9.17, 15) is 9.59 Å². The fourth-order valence-corrected chi connectivity index (χ4v) is 1.07. The Morgan fingerprint density at radius 3 is 3.00 bits per heavy atom. The van der Waals surface area contributed by atoms with E-state index in [1.807, 2.05) is 0 Å². The third kappa shape index (κ3) is 2.99. The monoisotopic (exact) mass is 200 g/mol. The minimum Gasteiger partial charge on any atom is -0.281 e. The number of carbonyl (C=O) groups is 1. The number of aromatic amines is 1. The first-order valence-electron chi connectivity index (χ1n) is 3.83. The van der Waals surface area contributed by atoms with E-state index in [0.29, 0.717) is 12.0 Å². The molecule has 0 aliphatic carbocycles. The number of nitrogens with zero attached hydrogens (tertiary/aromatic N) is 1. The van der Waals surface area contributed by atoms with Gasteiger partial charge in [-0.25, -0.2) is 5.10 Å². The number of halogens is 1. The molecule has 0 aliphatic heterocycles. The summed E-state index contributed by atoms with van der Waals surface area (Å²) in [7, 11) is 0. The van der Waals surface area contributed by atoms with Crippen LogP contribution in [0.2, 0.25) is 0 Å². The van der Waals surface area contributed by atoms with E-state index in [4.69, 9.17) is 11.6 Å². The number of rotatable bonds is 3. The first-order valence-corrected chi connectivity index (χ1v) is 4.21. The second-order valence-corrected chi connectivity index (χ2v) is 3.14. The number of carbonyl (C=O) groups excluding carboxylic acids is 1. The SMILES string of the molecule is Cc1cc(CCC(=O)Cl)c(=O)[nH]n1. The van der Waals surface area contributed by atoms with E-state index >= 15 is 0 Å². The van der Waals surface area contributed by atoms with Crippen molar-refractivity contribution < 1.29 is 4.79 Å². The van der Waals surface area contributed by atoms with Gasteiger partial charge < -0.3 is 0 Å². The van der Waals surface area contributed by atoms with Gasteiger partial charge in [0.05, 0.1) is 5.69 Å². The van der Waals surface area contributed by atoms with Gasteiger partial charge >= 0.3 is 0 Å². The van der Waals surface area contributed by atoms with E-state index < -0.39 is 5.24 Å². The average Bonchev–Trinajstić information content (AvgIpc) is 2.06. The van der Waals surface area contributed by atoms with E-state index in [1.165, 1.54) is 0 Å². The Labute approximate surface area is 79.9 Å². The standard InChI is InChI=1S/C8H9ClN2O2/c1-5-4-6(2-3-7(9)12)8(13)11-10-5/h4H,2-3H2,1H3,(H,11,13). The second kappa shape index (κ2) is 4.18. The third-order valence-corrected chi connectivity index (χ3v) is 1.79. The van der Waals surface area contributed by atoms with Crippen molar-refractivity contribution in [3.63, 3.8) is 0 Å². The lowest BCUT2D eigenvalue weighted by atomic mass is 10.1. The van der Waals surface area contributed by atoms with Gasteiger partial charge in [0.1, 0.15) is 0 Å². The predicted octanol–water partition coefficient (Wildman–Crippen LogP) is 0.776. The van der Waals surface area contributed by atoms with Crippen molar-refractivity contribution in [3.05, 3.63) is 27.7 Å². The molecular formula is C8H9ClN2O2. The molecule has 4 nitrogen and oxygen atoms in total. The molecule has 1 aromatic heterocycles. The molecule has 5 heteroatoms. The van der Waals surface area contributed by atoms with Gasteiger partial charge in [-0.3, -0.25) is 9.59 Å². The Kier molecular flexibility index (Phi) is 3.19. The third-order valence-electron chi connectivity index (χ3n) is 1.60. The molecule has 0 bridgehead atoms. The summed E-state index contributed by atoms with van der Waals surface area (Å²) in [5.74, 6) is 0. The van der Waals surface area contributed by atoms with Crippen LogP contribution in [0.25, 0.3) is 0 Å². The summed E-state index contributed by atoms with van der Waals surface area (Å²) in [6, 6.07) is 1.65. The van der Waals surface area contributed by atoms with Crippen LogP contribution in [-0.2, 0) is 11.2 Å². The van der Waals surface area contributed by atoms with Crippen molar-refractivity contribution in [1.82, 2.24) is 10.2 Å². The Morgan fingerprint density at radius 1 is 1.69 bits per heavy atom. The molecule has 0 amide bonds. The average molecular weight is 201 g/mol. The van der Waals surface area contributed by atoms with Crippen LogP contribution in [0, 0.1) is 6.92 Å². The largest absolute Gasteiger partial charge is 0.281 e. The highest BCUT2D eigenvalue weighted by molar-refractivity contribution is 6.63. The van der Waals surface area contributed by atoms with Crippen LogP contribution >= 0.6 is 11.6 Å². The Morgan fingerprint density at radius 2 is 2.38 bits per heavy atom. The molecule has 1 aromatic rings. The maximum Gasteiger partial charge on any atom is 0.267 e. The van der Waals surface area contributed by atoms with Crippen LogP contribution < -0.4 is 5.56 Å². The van der Waals surface area contributed by atoms with Gasteiger partial charge in [-0.1, -0.05) is 0 Å². The molecule has 0 saturated carbocycles. The highest BCUT2D eigenvalue weighted by Gasteiger charge is 2.03. The molecule has 1 N–H and O–H groups in total. The molecule has 1 rings (SSSR count). The first-order chi connectivity index (χ1) is 6.09. The number of hydrogen-bond acceptors (Lipinski definition) is 3. The van der Waals surface area contributed by atoms with Crippen LogP contribution in [0.15, 0.2) is 10.9 Å². The number of aryl methyl sites for hydroxylation is 2. The van der Waals surface area contributed by atoms with E-state index in [1.54, 1.807) is 13.0 Å². The molecule has 0 aromatic carbocycles. The van der Waals surface area contributed by atoms with Gasteiger partial charge in [0.2, 0.25) is 5.24 Å². The lowest BCUT2D eigenvalue weighted by Gasteiger charge is -1.97. The molecule has 0 unspecified atom stereocenters. The van der Waals surface area contributed by atoms with E-state index in [-0.39, 0.29) is 12.0 Å². The van der Waals surface area contributed by atoms with Crippen LogP contribution in [0.3, 0.4) is 0 Å². The Hall–Kier alpha value is -1.16. The summed E-state index contributed by atoms with van der Waals surface area (Å²) in [6.45, 7) is 1.77. The topological polar surface area (TPSA) is 62.8 Å². The maximum atomic E-state index is 11.1. The highest BCUT2D eigenvalue weighted by Crippen LogP contribution is 2.00. The molecule has 0 atom stereocenters. The zero-order valence-electron chi connectivity index (χ0n) is 7.13. The van der Waals surface area contributed by atoms with Gasteiger partial charge in [0, 0.05) is 12.0 Å². The zero-order chi connectivity index (χ0) is 9.84. The van der Waals surface area contributed by atoms with Crippen molar-refractivity contribution in [2.75, 3.05) is 0 Å². The van der Waals surface area contributed by atoms with E-state index in [2.05, 4.69) is 10.2 Å². The molecule has 70 valence electrons. The van der Waals surface area contributed by atoms with Crippen LogP contribution in [0.1, 0.15) is 17.7 Å². The number of aromatic nitrogens is 2. The summed E-state index contributed by atoms with van der Waals surface area (Å²) in [5.41, 5.74) is 1.00. The minimum atomic E-state index is -0.436. The van der Waals surface area contributed by atoms with Crippen molar-refractivity contribution in [1.29, 1.82) is 0 Å².